The van der Waals surface area contributed by atoms with Gasteiger partial charge in [-0.15, -0.1) is 5.10 Å². The number of piperidine rings is 1. The highest BCUT2D eigenvalue weighted by Gasteiger charge is 2.39. The van der Waals surface area contributed by atoms with E-state index in [-0.39, 0.29) is 19.1 Å². The average Bonchev–Trinajstić information content (AvgIpc) is 3.03. The van der Waals surface area contributed by atoms with Gasteiger partial charge in [0.1, 0.15) is 0 Å². The van der Waals surface area contributed by atoms with Gasteiger partial charge in [0, 0.05) is 20.1 Å². The standard InChI is InChI=1S/C18H22F3N5O4/c1-24-15(18(19,20)21)23-26(17(24)28)11-7-9-25(10-8-11)16(27)22-12-5-4-6-13(29-2)14(12)30-3/h4-6,11H,7-10H2,1-3H3,(H,22,27). The van der Waals surface area contributed by atoms with E-state index in [1.54, 1.807) is 18.2 Å². The zero-order valence-electron chi connectivity index (χ0n) is 16.7. The molecule has 1 aromatic heterocycles. The van der Waals surface area contributed by atoms with E-state index in [4.69, 9.17) is 9.47 Å². The zero-order chi connectivity index (χ0) is 22.1. The van der Waals surface area contributed by atoms with Gasteiger partial charge in [-0.25, -0.2) is 14.3 Å². The Kier molecular flexibility index (Phi) is 5.94. The van der Waals surface area contributed by atoms with Crippen LogP contribution in [0.4, 0.5) is 23.7 Å². The molecule has 12 heteroatoms. The number of hydrogen-bond donors (Lipinski definition) is 1. The first-order chi connectivity index (χ1) is 14.2. The lowest BCUT2D eigenvalue weighted by Crippen LogP contribution is -2.43. The minimum atomic E-state index is -4.71. The predicted molar refractivity (Wildman–Crippen MR) is 101 cm³/mol. The molecule has 2 aromatic rings. The van der Waals surface area contributed by atoms with Crippen LogP contribution in [0, 0.1) is 0 Å². The van der Waals surface area contributed by atoms with Crippen LogP contribution in [-0.4, -0.2) is 52.6 Å². The first-order valence-electron chi connectivity index (χ1n) is 9.17. The molecule has 1 saturated heterocycles. The van der Waals surface area contributed by atoms with Crippen molar-refractivity contribution in [2.75, 3.05) is 32.6 Å². The molecule has 164 valence electrons. The maximum Gasteiger partial charge on any atom is 0.451 e. The van der Waals surface area contributed by atoms with Gasteiger partial charge in [0.15, 0.2) is 11.5 Å². The fourth-order valence-corrected chi connectivity index (χ4v) is 3.43. The molecule has 0 spiro atoms. The summed E-state index contributed by atoms with van der Waals surface area (Å²) < 4.78 is 50.8. The van der Waals surface area contributed by atoms with Crippen molar-refractivity contribution < 1.29 is 27.4 Å². The van der Waals surface area contributed by atoms with Crippen LogP contribution in [0.2, 0.25) is 0 Å². The number of rotatable bonds is 4. The van der Waals surface area contributed by atoms with Crippen molar-refractivity contribution in [3.63, 3.8) is 0 Å². The lowest BCUT2D eigenvalue weighted by atomic mass is 10.1. The Morgan fingerprint density at radius 3 is 2.40 bits per heavy atom. The number of aromatic nitrogens is 3. The number of halogens is 3. The molecule has 0 unspecified atom stereocenters. The monoisotopic (exact) mass is 429 g/mol. The molecule has 0 saturated carbocycles. The Bertz CT molecular complexity index is 977. The van der Waals surface area contributed by atoms with Crippen LogP contribution in [0.1, 0.15) is 24.7 Å². The van der Waals surface area contributed by atoms with E-state index in [1.807, 2.05) is 0 Å². The fourth-order valence-electron chi connectivity index (χ4n) is 3.43. The third-order valence-electron chi connectivity index (χ3n) is 5.00. The van der Waals surface area contributed by atoms with Gasteiger partial charge in [-0.3, -0.25) is 4.57 Å². The Labute approximate surface area is 170 Å². The normalized spacial score (nSPS) is 15.2. The summed E-state index contributed by atoms with van der Waals surface area (Å²) in [6.07, 6.45) is -4.11. The zero-order valence-corrected chi connectivity index (χ0v) is 16.7. The van der Waals surface area contributed by atoms with Crippen molar-refractivity contribution in [3.05, 3.63) is 34.5 Å². The molecular weight excluding hydrogens is 407 g/mol. The van der Waals surface area contributed by atoms with Crippen LogP contribution in [0.3, 0.4) is 0 Å². The molecule has 1 aliphatic rings. The second-order valence-electron chi connectivity index (χ2n) is 6.80. The van der Waals surface area contributed by atoms with E-state index < -0.39 is 23.7 Å². The summed E-state index contributed by atoms with van der Waals surface area (Å²) in [5, 5.41) is 6.23. The molecule has 2 heterocycles. The molecule has 1 aromatic carbocycles. The third-order valence-corrected chi connectivity index (χ3v) is 5.00. The summed E-state index contributed by atoms with van der Waals surface area (Å²) in [6.45, 7) is 0.514. The number of carbonyl (C=O) groups excluding carboxylic acids is 1. The molecule has 3 rings (SSSR count). The summed E-state index contributed by atoms with van der Waals surface area (Å²) in [7, 11) is 3.98. The first-order valence-corrected chi connectivity index (χ1v) is 9.17. The van der Waals surface area contributed by atoms with Gasteiger partial charge in [-0.05, 0) is 25.0 Å². The smallest absolute Gasteiger partial charge is 0.451 e. The van der Waals surface area contributed by atoms with Gasteiger partial charge < -0.3 is 19.7 Å². The summed E-state index contributed by atoms with van der Waals surface area (Å²) >= 11 is 0. The topological polar surface area (TPSA) is 90.6 Å². The van der Waals surface area contributed by atoms with Gasteiger partial charge in [0.05, 0.1) is 25.9 Å². The Hall–Kier alpha value is -3.18. The number of methoxy groups -OCH3 is 2. The predicted octanol–water partition coefficient (Wildman–Crippen LogP) is 2.49. The number of urea groups is 1. The number of nitrogens with zero attached hydrogens (tertiary/aromatic N) is 4. The van der Waals surface area contributed by atoms with Crippen molar-refractivity contribution >= 4 is 11.7 Å². The number of hydrogen-bond acceptors (Lipinski definition) is 5. The number of para-hydroxylation sites is 1. The minimum Gasteiger partial charge on any atom is -0.493 e. The molecule has 9 nitrogen and oxygen atoms in total. The maximum absolute atomic E-state index is 13.0. The number of alkyl halides is 3. The SMILES string of the molecule is COc1cccc(NC(=O)N2CCC(n3nc(C(F)(F)F)n(C)c3=O)CC2)c1OC. The van der Waals surface area contributed by atoms with E-state index in [0.717, 1.165) is 11.7 Å². The molecular formula is C18H22F3N5O4. The maximum atomic E-state index is 13.0. The molecule has 0 bridgehead atoms. The molecule has 0 aliphatic carbocycles. The number of ether oxygens (including phenoxy) is 2. The molecule has 1 N–H and O–H groups in total. The van der Waals surface area contributed by atoms with Crippen LogP contribution in [0.25, 0.3) is 0 Å². The summed E-state index contributed by atoms with van der Waals surface area (Å²) in [5.41, 5.74) is -0.397. The summed E-state index contributed by atoms with van der Waals surface area (Å²) in [6, 6.07) is 4.16. The van der Waals surface area contributed by atoms with Crippen LogP contribution in [-0.2, 0) is 13.2 Å². The first kappa shape index (κ1) is 21.5. The lowest BCUT2D eigenvalue weighted by molar-refractivity contribution is -0.147. The summed E-state index contributed by atoms with van der Waals surface area (Å²) in [5.74, 6) is -0.398. The lowest BCUT2D eigenvalue weighted by Gasteiger charge is -2.31. The van der Waals surface area contributed by atoms with Gasteiger partial charge in [0.2, 0.25) is 5.82 Å². The van der Waals surface area contributed by atoms with E-state index in [1.165, 1.54) is 19.1 Å². The van der Waals surface area contributed by atoms with E-state index in [2.05, 4.69) is 10.4 Å². The molecule has 0 atom stereocenters. The molecule has 0 radical (unpaired) electrons. The quantitative estimate of drug-likeness (QED) is 0.807. The highest BCUT2D eigenvalue weighted by molar-refractivity contribution is 5.91. The second-order valence-corrected chi connectivity index (χ2v) is 6.80. The average molecular weight is 429 g/mol. The van der Waals surface area contributed by atoms with Crippen molar-refractivity contribution in [1.29, 1.82) is 0 Å². The van der Waals surface area contributed by atoms with Crippen molar-refractivity contribution in [2.45, 2.75) is 25.1 Å². The highest BCUT2D eigenvalue weighted by atomic mass is 19.4. The number of anilines is 1. The van der Waals surface area contributed by atoms with Crippen LogP contribution < -0.4 is 20.5 Å². The summed E-state index contributed by atoms with van der Waals surface area (Å²) in [4.78, 5) is 26.3. The molecule has 1 aliphatic heterocycles. The number of likely N-dealkylation sites (tertiary alicyclic amines) is 1. The van der Waals surface area contributed by atoms with Gasteiger partial charge in [0.25, 0.3) is 0 Å². The van der Waals surface area contributed by atoms with Gasteiger partial charge in [-0.1, -0.05) is 6.07 Å². The van der Waals surface area contributed by atoms with Crippen LogP contribution >= 0.6 is 0 Å². The number of carbonyl (C=O) groups is 1. The molecule has 1 fully saturated rings. The Morgan fingerprint density at radius 2 is 1.87 bits per heavy atom. The highest BCUT2D eigenvalue weighted by Crippen LogP contribution is 2.35. The fraction of sp³-hybridized carbons (Fsp3) is 0.500. The molecule has 30 heavy (non-hydrogen) atoms. The third kappa shape index (κ3) is 4.07. The van der Waals surface area contributed by atoms with Crippen molar-refractivity contribution in [2.24, 2.45) is 7.05 Å². The Morgan fingerprint density at radius 1 is 1.20 bits per heavy atom. The van der Waals surface area contributed by atoms with Gasteiger partial charge in [-0.2, -0.15) is 13.2 Å². The largest absolute Gasteiger partial charge is 0.493 e. The van der Waals surface area contributed by atoms with E-state index in [0.29, 0.717) is 34.6 Å². The second kappa shape index (κ2) is 8.28. The van der Waals surface area contributed by atoms with Crippen molar-refractivity contribution in [3.8, 4) is 11.5 Å². The van der Waals surface area contributed by atoms with E-state index in [9.17, 15) is 22.8 Å². The van der Waals surface area contributed by atoms with Crippen molar-refractivity contribution in [1.82, 2.24) is 19.2 Å². The minimum absolute atomic E-state index is 0.257. The molecule has 2 amide bonds. The number of nitrogens with one attached hydrogen (secondary N) is 1. The van der Waals surface area contributed by atoms with E-state index >= 15 is 0 Å². The van der Waals surface area contributed by atoms with Crippen LogP contribution in [0.5, 0.6) is 11.5 Å². The van der Waals surface area contributed by atoms with Crippen LogP contribution in [0.15, 0.2) is 23.0 Å². The number of benzene rings is 1. The Balaban J connectivity index is 1.68. The van der Waals surface area contributed by atoms with Gasteiger partial charge >= 0.3 is 17.9 Å². The number of amides is 2.